The predicted molar refractivity (Wildman–Crippen MR) is 180 cm³/mol. The van der Waals surface area contributed by atoms with E-state index in [1.165, 1.54) is 6.08 Å². The minimum Gasteiger partial charge on any atom is -0.484 e. The number of halogens is 1. The smallest absolute Gasteiger partial charge is 0.413 e. The number of rotatable bonds is 8. The quantitative estimate of drug-likeness (QED) is 0.270. The van der Waals surface area contributed by atoms with E-state index in [1.54, 1.807) is 45.2 Å². The normalized spacial score (nSPS) is 16.9. The molecule has 2 amide bonds. The summed E-state index contributed by atoms with van der Waals surface area (Å²) in [5, 5.41) is 5.88. The highest BCUT2D eigenvalue weighted by Crippen LogP contribution is 2.40. The fourth-order valence-electron chi connectivity index (χ4n) is 4.72. The van der Waals surface area contributed by atoms with Crippen LogP contribution in [0.25, 0.3) is 11.1 Å². The molecule has 0 aliphatic carbocycles. The molecule has 10 nitrogen and oxygen atoms in total. The Bertz CT molecular complexity index is 1570. The predicted octanol–water partition coefficient (Wildman–Crippen LogP) is 6.31. The largest absolute Gasteiger partial charge is 0.484 e. The topological polar surface area (TPSA) is 119 Å². The molecular formula is C34H41ClN4O6S. The average Bonchev–Trinajstić information content (AvgIpc) is 3.47. The molecule has 5 rings (SSSR count). The van der Waals surface area contributed by atoms with Gasteiger partial charge in [-0.25, -0.2) is 18.3 Å². The summed E-state index contributed by atoms with van der Waals surface area (Å²) in [4.78, 5) is 29.3. The molecule has 2 unspecified atom stereocenters. The summed E-state index contributed by atoms with van der Waals surface area (Å²) in [6.45, 7) is 12.0. The third-order valence-corrected chi connectivity index (χ3v) is 8.54. The monoisotopic (exact) mass is 668 g/mol. The average molecular weight is 669 g/mol. The van der Waals surface area contributed by atoms with Crippen molar-refractivity contribution in [2.45, 2.75) is 64.2 Å². The minimum atomic E-state index is -1.27. The Morgan fingerprint density at radius 3 is 2.57 bits per heavy atom. The maximum Gasteiger partial charge on any atom is 0.413 e. The molecule has 3 heterocycles. The molecule has 0 spiro atoms. The third-order valence-electron chi connectivity index (χ3n) is 6.77. The Morgan fingerprint density at radius 1 is 1.11 bits per heavy atom. The molecular weight excluding hydrogens is 628 g/mol. The second-order valence-electron chi connectivity index (χ2n) is 11.4. The molecule has 246 valence electrons. The number of nitrogens with one attached hydrogen (secondary N) is 2. The van der Waals surface area contributed by atoms with E-state index in [9.17, 15) is 13.8 Å². The molecule has 0 bridgehead atoms. The molecule has 0 radical (unpaired) electrons. The Labute approximate surface area is 278 Å². The van der Waals surface area contributed by atoms with Crippen LogP contribution in [0.2, 0.25) is 5.02 Å². The standard InChI is InChI=1S/C32H35ClN4O6S.C2H6/c1-32(2,3)43-31(39)36-28-9-7-21(19-34-28)20-35-29(38)10-8-25-16-24-15-23(18-27(33)30(24)42-25)22-5-4-6-26(17-22)44(40)37-11-13-41-14-12-37;1-2/h4-10,15,17-19,25H,11-14,16,20H2,1-3H3,(H,35,38)(H,34,36,39);1-2H3/b10-8+;. The van der Waals surface area contributed by atoms with E-state index in [1.807, 2.05) is 54.6 Å². The molecule has 2 atom stereocenters. The van der Waals surface area contributed by atoms with Gasteiger partial charge in [0.2, 0.25) is 5.91 Å². The van der Waals surface area contributed by atoms with Gasteiger partial charge in [0.1, 0.15) is 34.3 Å². The van der Waals surface area contributed by atoms with Crippen molar-refractivity contribution >= 4 is 40.4 Å². The van der Waals surface area contributed by atoms with Crippen molar-refractivity contribution in [3.05, 3.63) is 83.0 Å². The van der Waals surface area contributed by atoms with Crippen LogP contribution in [0.1, 0.15) is 45.7 Å². The lowest BCUT2D eigenvalue weighted by molar-refractivity contribution is -0.116. The number of hydrogen-bond donors (Lipinski definition) is 2. The maximum absolute atomic E-state index is 13.1. The van der Waals surface area contributed by atoms with Crippen molar-refractivity contribution in [2.75, 3.05) is 31.6 Å². The summed E-state index contributed by atoms with van der Waals surface area (Å²) in [5.74, 6) is 0.673. The van der Waals surface area contributed by atoms with Crippen LogP contribution in [0.15, 0.2) is 71.8 Å². The first-order valence-corrected chi connectivity index (χ1v) is 16.8. The van der Waals surface area contributed by atoms with Crippen LogP contribution in [0.3, 0.4) is 0 Å². The summed E-state index contributed by atoms with van der Waals surface area (Å²) >= 11 is 6.61. The number of benzene rings is 2. The molecule has 3 aromatic rings. The zero-order chi connectivity index (χ0) is 33.3. The Kier molecular flexibility index (Phi) is 12.3. The Balaban J connectivity index is 0.00000235. The molecule has 46 heavy (non-hydrogen) atoms. The summed E-state index contributed by atoms with van der Waals surface area (Å²) in [6, 6.07) is 14.9. The van der Waals surface area contributed by atoms with Crippen molar-refractivity contribution in [1.82, 2.24) is 14.6 Å². The third kappa shape index (κ3) is 9.86. The van der Waals surface area contributed by atoms with Crippen LogP contribution in [-0.2, 0) is 38.2 Å². The van der Waals surface area contributed by atoms with Crippen molar-refractivity contribution in [3.8, 4) is 16.9 Å². The summed E-state index contributed by atoms with van der Waals surface area (Å²) in [6.07, 6.45) is 4.36. The van der Waals surface area contributed by atoms with Gasteiger partial charge in [0.25, 0.3) is 0 Å². The zero-order valence-corrected chi connectivity index (χ0v) is 28.4. The van der Waals surface area contributed by atoms with Crippen LogP contribution >= 0.6 is 11.6 Å². The van der Waals surface area contributed by atoms with Crippen LogP contribution in [0.4, 0.5) is 10.6 Å². The van der Waals surface area contributed by atoms with Gasteiger partial charge in [0, 0.05) is 43.9 Å². The molecule has 1 aromatic heterocycles. The highest BCUT2D eigenvalue weighted by molar-refractivity contribution is 7.82. The molecule has 1 fully saturated rings. The number of carbonyl (C=O) groups is 2. The zero-order valence-electron chi connectivity index (χ0n) is 26.8. The summed E-state index contributed by atoms with van der Waals surface area (Å²) in [7, 11) is -1.27. The van der Waals surface area contributed by atoms with E-state index in [-0.39, 0.29) is 18.6 Å². The molecule has 2 aromatic carbocycles. The first-order valence-electron chi connectivity index (χ1n) is 15.3. The van der Waals surface area contributed by atoms with Gasteiger partial charge in [0.05, 0.1) is 23.1 Å². The van der Waals surface area contributed by atoms with E-state index in [2.05, 4.69) is 15.6 Å². The summed E-state index contributed by atoms with van der Waals surface area (Å²) in [5.41, 5.74) is 2.91. The van der Waals surface area contributed by atoms with Crippen molar-refractivity contribution in [3.63, 3.8) is 0 Å². The second-order valence-corrected chi connectivity index (χ2v) is 13.3. The van der Waals surface area contributed by atoms with Gasteiger partial charge in [-0.3, -0.25) is 10.1 Å². The number of anilines is 1. The molecule has 1 saturated heterocycles. The lowest BCUT2D eigenvalue weighted by atomic mass is 10.0. The van der Waals surface area contributed by atoms with E-state index in [0.717, 1.165) is 27.1 Å². The van der Waals surface area contributed by atoms with E-state index >= 15 is 0 Å². The van der Waals surface area contributed by atoms with Crippen LogP contribution in [0, 0.1) is 0 Å². The number of hydrogen-bond acceptors (Lipinski definition) is 7. The van der Waals surface area contributed by atoms with Crippen molar-refractivity contribution in [2.24, 2.45) is 0 Å². The first-order chi connectivity index (χ1) is 22.0. The molecule has 0 saturated carbocycles. The van der Waals surface area contributed by atoms with Gasteiger partial charge < -0.3 is 19.5 Å². The highest BCUT2D eigenvalue weighted by Gasteiger charge is 2.25. The van der Waals surface area contributed by atoms with Gasteiger partial charge in [-0.2, -0.15) is 0 Å². The number of morpholine rings is 1. The molecule has 2 aliphatic rings. The van der Waals surface area contributed by atoms with Crippen LogP contribution < -0.4 is 15.4 Å². The number of ether oxygens (including phenoxy) is 3. The molecule has 2 N–H and O–H groups in total. The number of aromatic nitrogens is 1. The Hall–Kier alpha value is -3.77. The van der Waals surface area contributed by atoms with E-state index in [0.29, 0.717) is 49.3 Å². The minimum absolute atomic E-state index is 0.263. The fraction of sp³-hybridized carbons (Fsp3) is 0.382. The number of amides is 2. The fourth-order valence-corrected chi connectivity index (χ4v) is 6.20. The number of pyridine rings is 1. The van der Waals surface area contributed by atoms with Gasteiger partial charge in [-0.05, 0) is 73.9 Å². The van der Waals surface area contributed by atoms with Gasteiger partial charge in [-0.15, -0.1) is 0 Å². The highest BCUT2D eigenvalue weighted by atomic mass is 35.5. The van der Waals surface area contributed by atoms with E-state index in [4.69, 9.17) is 25.8 Å². The van der Waals surface area contributed by atoms with Crippen molar-refractivity contribution in [1.29, 1.82) is 0 Å². The summed E-state index contributed by atoms with van der Waals surface area (Å²) < 4.78 is 31.6. The number of fused-ring (bicyclic) bond motifs is 1. The number of carbonyl (C=O) groups excluding carboxylic acids is 2. The molecule has 12 heteroatoms. The molecule has 2 aliphatic heterocycles. The van der Waals surface area contributed by atoms with Crippen LogP contribution in [-0.4, -0.2) is 63.5 Å². The van der Waals surface area contributed by atoms with Crippen LogP contribution in [0.5, 0.6) is 5.75 Å². The Morgan fingerprint density at radius 2 is 1.87 bits per heavy atom. The van der Waals surface area contributed by atoms with Gasteiger partial charge in [-0.1, -0.05) is 43.6 Å². The lowest BCUT2D eigenvalue weighted by Crippen LogP contribution is -2.37. The van der Waals surface area contributed by atoms with Gasteiger partial charge in [0.15, 0.2) is 0 Å². The maximum atomic E-state index is 13.1. The lowest BCUT2D eigenvalue weighted by Gasteiger charge is -2.25. The second kappa shape index (κ2) is 16.2. The van der Waals surface area contributed by atoms with Gasteiger partial charge >= 0.3 is 6.09 Å². The van der Waals surface area contributed by atoms with Crippen molar-refractivity contribution < 1.29 is 28.0 Å². The van der Waals surface area contributed by atoms with E-state index < -0.39 is 22.7 Å². The SMILES string of the molecule is CC.CC(C)(C)OC(=O)Nc1ccc(CNC(=O)/C=C/C2Cc3cc(-c4cccc(S(=O)N5CCOCC5)c4)cc(Cl)c3O2)cn1. The first kappa shape index (κ1) is 35.1. The number of nitrogens with zero attached hydrogens (tertiary/aromatic N) is 2.